The smallest absolute Gasteiger partial charge is 0.304 e. The molecule has 3 rings (SSSR count). The van der Waals surface area contributed by atoms with Gasteiger partial charge in [-0.3, -0.25) is 9.10 Å². The molecule has 7 nitrogen and oxygen atoms in total. The first-order valence-corrected chi connectivity index (χ1v) is 12.9. The van der Waals surface area contributed by atoms with Crippen molar-refractivity contribution < 1.29 is 17.9 Å². The summed E-state index contributed by atoms with van der Waals surface area (Å²) in [5.74, 6) is 1.43. The molecule has 4 atom stereocenters. The summed E-state index contributed by atoms with van der Waals surface area (Å²) >= 11 is 0. The van der Waals surface area contributed by atoms with Crippen molar-refractivity contribution in [2.24, 2.45) is 17.8 Å². The molecule has 0 radical (unpaired) electrons. The highest BCUT2D eigenvalue weighted by atomic mass is 32.2. The van der Waals surface area contributed by atoms with E-state index in [1.807, 2.05) is 6.92 Å². The van der Waals surface area contributed by atoms with Crippen LogP contribution in [0.5, 0.6) is 5.75 Å². The monoisotopic (exact) mass is 451 g/mol. The number of anilines is 1. The number of hydrogen-bond donors (Lipinski definition) is 1. The van der Waals surface area contributed by atoms with Gasteiger partial charge in [-0.05, 0) is 62.3 Å². The number of ether oxygens (including phenoxy) is 1. The van der Waals surface area contributed by atoms with Crippen LogP contribution >= 0.6 is 0 Å². The largest absolute Gasteiger partial charge is 0.497 e. The number of amides is 1. The Bertz CT molecular complexity index is 843. The van der Waals surface area contributed by atoms with E-state index in [0.29, 0.717) is 42.8 Å². The number of carbonyl (C=O) groups is 1. The third-order valence-corrected chi connectivity index (χ3v) is 9.05. The molecule has 0 bridgehead atoms. The number of hydrogen-bond acceptors (Lipinski definition) is 4. The first-order chi connectivity index (χ1) is 14.8. The van der Waals surface area contributed by atoms with E-state index >= 15 is 0 Å². The van der Waals surface area contributed by atoms with Gasteiger partial charge in [-0.15, -0.1) is 0 Å². The summed E-state index contributed by atoms with van der Waals surface area (Å²) in [5.41, 5.74) is 0.597. The maximum atomic E-state index is 13.4. The van der Waals surface area contributed by atoms with Crippen LogP contribution in [0.4, 0.5) is 5.69 Å². The summed E-state index contributed by atoms with van der Waals surface area (Å²) in [6.45, 7) is 7.27. The molecule has 1 amide bonds. The second-order valence-electron chi connectivity index (χ2n) is 8.95. The number of piperidine rings is 1. The summed E-state index contributed by atoms with van der Waals surface area (Å²) in [7, 11) is -2.14. The van der Waals surface area contributed by atoms with Crippen LogP contribution in [0, 0.1) is 17.8 Å². The molecule has 2 aliphatic rings. The molecule has 0 aromatic heterocycles. The highest BCUT2D eigenvalue weighted by Crippen LogP contribution is 2.31. The summed E-state index contributed by atoms with van der Waals surface area (Å²) < 4.78 is 34.9. The molecule has 0 unspecified atom stereocenters. The van der Waals surface area contributed by atoms with Crippen molar-refractivity contribution in [3.63, 3.8) is 0 Å². The number of nitrogens with zero attached hydrogens (tertiary/aromatic N) is 2. The molecule has 31 heavy (non-hydrogen) atoms. The van der Waals surface area contributed by atoms with Gasteiger partial charge in [-0.1, -0.05) is 26.7 Å². The van der Waals surface area contributed by atoms with Gasteiger partial charge in [0.1, 0.15) is 5.75 Å². The van der Waals surface area contributed by atoms with Crippen LogP contribution in [0.25, 0.3) is 0 Å². The quantitative estimate of drug-likeness (QED) is 0.689. The van der Waals surface area contributed by atoms with Crippen molar-refractivity contribution in [1.29, 1.82) is 0 Å². The Kier molecular flexibility index (Phi) is 7.86. The van der Waals surface area contributed by atoms with Gasteiger partial charge in [0.25, 0.3) is 0 Å². The second kappa shape index (κ2) is 10.2. The number of carbonyl (C=O) groups excluding carboxylic acids is 1. The highest BCUT2D eigenvalue weighted by Gasteiger charge is 2.37. The van der Waals surface area contributed by atoms with Crippen LogP contribution in [-0.2, 0) is 15.0 Å². The van der Waals surface area contributed by atoms with E-state index in [0.717, 1.165) is 19.3 Å². The standard InChI is InChI=1S/C23H37N3O4S/c1-5-26(20-11-13-21(30-4)14-12-20)31(28,29)25-15-7-9-19(16-25)23(27)24-22-10-6-8-17(2)18(22)3/h11-14,17-19,22H,5-10,15-16H2,1-4H3,(H,24,27)/t17-,18-,19+,22-/m1/s1. The number of rotatable bonds is 7. The summed E-state index contributed by atoms with van der Waals surface area (Å²) in [6, 6.07) is 7.20. The Morgan fingerprint density at radius 2 is 1.87 bits per heavy atom. The molecule has 8 heteroatoms. The lowest BCUT2D eigenvalue weighted by atomic mass is 9.78. The Labute approximate surface area is 187 Å². The van der Waals surface area contributed by atoms with Crippen molar-refractivity contribution in [2.45, 2.75) is 58.9 Å². The average molecular weight is 452 g/mol. The van der Waals surface area contributed by atoms with Gasteiger partial charge in [0, 0.05) is 25.7 Å². The average Bonchev–Trinajstić information content (AvgIpc) is 2.77. The molecule has 1 heterocycles. The topological polar surface area (TPSA) is 79.0 Å². The lowest BCUT2D eigenvalue weighted by Gasteiger charge is -2.38. The second-order valence-corrected chi connectivity index (χ2v) is 10.8. The molecule has 1 aliphatic heterocycles. The van der Waals surface area contributed by atoms with Gasteiger partial charge in [0.15, 0.2) is 0 Å². The minimum Gasteiger partial charge on any atom is -0.497 e. The number of benzene rings is 1. The molecular weight excluding hydrogens is 414 g/mol. The molecule has 1 aromatic carbocycles. The van der Waals surface area contributed by atoms with Crippen molar-refractivity contribution in [1.82, 2.24) is 9.62 Å². The Hall–Kier alpha value is -1.80. The minimum atomic E-state index is -3.72. The van der Waals surface area contributed by atoms with Gasteiger partial charge in [-0.25, -0.2) is 0 Å². The van der Waals surface area contributed by atoms with Crippen molar-refractivity contribution in [2.75, 3.05) is 31.0 Å². The molecule has 174 valence electrons. The summed E-state index contributed by atoms with van der Waals surface area (Å²) in [4.78, 5) is 13.0. The van der Waals surface area contributed by atoms with E-state index < -0.39 is 10.2 Å². The fourth-order valence-electron chi connectivity index (χ4n) is 4.82. The molecule has 1 N–H and O–H groups in total. The predicted octanol–water partition coefficient (Wildman–Crippen LogP) is 3.42. The molecule has 1 saturated heterocycles. The van der Waals surface area contributed by atoms with Crippen molar-refractivity contribution in [3.05, 3.63) is 24.3 Å². The zero-order valence-electron chi connectivity index (χ0n) is 19.2. The minimum absolute atomic E-state index is 0.00153. The Balaban J connectivity index is 1.69. The van der Waals surface area contributed by atoms with Crippen molar-refractivity contribution >= 4 is 21.8 Å². The lowest BCUT2D eigenvalue weighted by molar-refractivity contribution is -0.127. The first-order valence-electron chi connectivity index (χ1n) is 11.5. The zero-order valence-corrected chi connectivity index (χ0v) is 20.0. The molecule has 2 fully saturated rings. The van der Waals surface area contributed by atoms with E-state index in [9.17, 15) is 13.2 Å². The first kappa shape index (κ1) is 23.9. The lowest BCUT2D eigenvalue weighted by Crippen LogP contribution is -2.52. The molecule has 1 aliphatic carbocycles. The Morgan fingerprint density at radius 3 is 2.52 bits per heavy atom. The van der Waals surface area contributed by atoms with Crippen LogP contribution in [0.15, 0.2) is 24.3 Å². The molecular formula is C23H37N3O4S. The van der Waals surface area contributed by atoms with Crippen LogP contribution in [0.1, 0.15) is 52.9 Å². The van der Waals surface area contributed by atoms with Gasteiger partial charge in [-0.2, -0.15) is 12.7 Å². The summed E-state index contributed by atoms with van der Waals surface area (Å²) in [5, 5.41) is 3.24. The van der Waals surface area contributed by atoms with Crippen LogP contribution in [-0.4, -0.2) is 51.4 Å². The van der Waals surface area contributed by atoms with Crippen LogP contribution < -0.4 is 14.4 Å². The molecule has 1 aromatic rings. The molecule has 1 saturated carbocycles. The van der Waals surface area contributed by atoms with Gasteiger partial charge >= 0.3 is 10.2 Å². The van der Waals surface area contributed by atoms with E-state index in [4.69, 9.17) is 4.74 Å². The van der Waals surface area contributed by atoms with E-state index in [-0.39, 0.29) is 24.4 Å². The fraction of sp³-hybridized carbons (Fsp3) is 0.696. The Morgan fingerprint density at radius 1 is 1.16 bits per heavy atom. The van der Waals surface area contributed by atoms with Gasteiger partial charge in [0.2, 0.25) is 5.91 Å². The third-order valence-electron chi connectivity index (χ3n) is 7.04. The van der Waals surface area contributed by atoms with Gasteiger partial charge < -0.3 is 10.1 Å². The fourth-order valence-corrected chi connectivity index (χ4v) is 6.54. The number of nitrogens with one attached hydrogen (secondary N) is 1. The number of methoxy groups -OCH3 is 1. The third kappa shape index (κ3) is 5.34. The normalized spacial score (nSPS) is 27.5. The maximum absolute atomic E-state index is 13.4. The van der Waals surface area contributed by atoms with Crippen molar-refractivity contribution in [3.8, 4) is 5.75 Å². The van der Waals surface area contributed by atoms with E-state index in [2.05, 4.69) is 19.2 Å². The SMILES string of the molecule is CCN(c1ccc(OC)cc1)S(=O)(=O)N1CCC[C@H](C(=O)N[C@@H]2CCC[C@@H](C)[C@H]2C)C1. The van der Waals surface area contributed by atoms with E-state index in [1.54, 1.807) is 31.4 Å². The van der Waals surface area contributed by atoms with E-state index in [1.165, 1.54) is 15.0 Å². The van der Waals surface area contributed by atoms with Crippen LogP contribution in [0.2, 0.25) is 0 Å². The van der Waals surface area contributed by atoms with Gasteiger partial charge in [0.05, 0.1) is 18.7 Å². The predicted molar refractivity (Wildman–Crippen MR) is 123 cm³/mol. The highest BCUT2D eigenvalue weighted by molar-refractivity contribution is 7.90. The zero-order chi connectivity index (χ0) is 22.6. The maximum Gasteiger partial charge on any atom is 0.304 e. The summed E-state index contributed by atoms with van der Waals surface area (Å²) in [6.07, 6.45) is 4.76. The van der Waals surface area contributed by atoms with Crippen LogP contribution in [0.3, 0.4) is 0 Å². The molecule has 0 spiro atoms.